The van der Waals surface area contributed by atoms with Crippen LogP contribution in [-0.4, -0.2) is 32.8 Å². The van der Waals surface area contributed by atoms with Crippen LogP contribution in [0.4, 0.5) is 0 Å². The molecule has 1 aromatic heterocycles. The Balaban J connectivity index is 2.42. The summed E-state index contributed by atoms with van der Waals surface area (Å²) in [4.78, 5) is 21.9. The van der Waals surface area contributed by atoms with Crippen LogP contribution in [0.2, 0.25) is 0 Å². The Bertz CT molecular complexity index is 386. The van der Waals surface area contributed by atoms with Gasteiger partial charge in [0.2, 0.25) is 0 Å². The summed E-state index contributed by atoms with van der Waals surface area (Å²) in [6.07, 6.45) is 2.13. The molecule has 0 aromatic carbocycles. The van der Waals surface area contributed by atoms with Crippen molar-refractivity contribution in [1.29, 1.82) is 0 Å². The van der Waals surface area contributed by atoms with Crippen molar-refractivity contribution in [1.82, 2.24) is 15.1 Å². The van der Waals surface area contributed by atoms with E-state index < -0.39 is 5.97 Å². The predicted octanol–water partition coefficient (Wildman–Crippen LogP) is 0.403. The van der Waals surface area contributed by atoms with Crippen LogP contribution < -0.4 is 5.32 Å². The van der Waals surface area contributed by atoms with Crippen LogP contribution in [0.25, 0.3) is 0 Å². The number of aryl methyl sites for hydroxylation is 1. The van der Waals surface area contributed by atoms with Crippen LogP contribution >= 0.6 is 0 Å². The Hall–Kier alpha value is -1.85. The number of amides is 1. The fourth-order valence-electron chi connectivity index (χ4n) is 1.25. The lowest BCUT2D eigenvalue weighted by molar-refractivity contribution is -0.137. The third-order valence-electron chi connectivity index (χ3n) is 2.11. The molecule has 16 heavy (non-hydrogen) atoms. The first kappa shape index (κ1) is 12.2. The molecule has 0 saturated carbocycles. The van der Waals surface area contributed by atoms with E-state index in [-0.39, 0.29) is 18.4 Å². The molecule has 0 fully saturated rings. The predicted molar refractivity (Wildman–Crippen MR) is 57.0 cm³/mol. The third kappa shape index (κ3) is 3.72. The summed E-state index contributed by atoms with van der Waals surface area (Å²) < 4.78 is 1.54. The standard InChI is InChI=1S/C10H15N3O3/c1-7(3-4-9(14)15)11-10(16)8-5-6-13(2)12-8/h5-7H,3-4H2,1-2H3,(H,11,16)(H,14,15). The van der Waals surface area contributed by atoms with Crippen molar-refractivity contribution >= 4 is 11.9 Å². The molecule has 1 unspecified atom stereocenters. The number of aromatic nitrogens is 2. The zero-order valence-electron chi connectivity index (χ0n) is 9.30. The Morgan fingerprint density at radius 2 is 2.31 bits per heavy atom. The topological polar surface area (TPSA) is 84.2 Å². The van der Waals surface area contributed by atoms with E-state index in [0.29, 0.717) is 12.1 Å². The Morgan fingerprint density at radius 3 is 2.81 bits per heavy atom. The number of aliphatic carboxylic acids is 1. The Kier molecular flexibility index (Phi) is 4.04. The van der Waals surface area contributed by atoms with Crippen molar-refractivity contribution in [3.8, 4) is 0 Å². The van der Waals surface area contributed by atoms with E-state index >= 15 is 0 Å². The van der Waals surface area contributed by atoms with E-state index in [1.807, 2.05) is 0 Å². The molecule has 1 rings (SSSR count). The van der Waals surface area contributed by atoms with E-state index in [4.69, 9.17) is 5.11 Å². The number of hydrogen-bond donors (Lipinski definition) is 2. The second-order valence-electron chi connectivity index (χ2n) is 3.68. The molecule has 0 spiro atoms. The highest BCUT2D eigenvalue weighted by atomic mass is 16.4. The van der Waals surface area contributed by atoms with Crippen molar-refractivity contribution in [2.45, 2.75) is 25.8 Å². The van der Waals surface area contributed by atoms with Gasteiger partial charge in [0.05, 0.1) is 0 Å². The summed E-state index contributed by atoms with van der Waals surface area (Å²) in [6, 6.07) is 1.44. The lowest BCUT2D eigenvalue weighted by Crippen LogP contribution is -2.33. The number of carboxylic acid groups (broad SMARTS) is 1. The van der Waals surface area contributed by atoms with Crippen LogP contribution in [-0.2, 0) is 11.8 Å². The fraction of sp³-hybridized carbons (Fsp3) is 0.500. The van der Waals surface area contributed by atoms with Crippen LogP contribution in [0.1, 0.15) is 30.3 Å². The highest BCUT2D eigenvalue weighted by Crippen LogP contribution is 1.99. The lowest BCUT2D eigenvalue weighted by atomic mass is 10.2. The Labute approximate surface area is 93.3 Å². The van der Waals surface area contributed by atoms with Gasteiger partial charge in [-0.3, -0.25) is 14.3 Å². The van der Waals surface area contributed by atoms with Gasteiger partial charge < -0.3 is 10.4 Å². The highest BCUT2D eigenvalue weighted by Gasteiger charge is 2.12. The highest BCUT2D eigenvalue weighted by molar-refractivity contribution is 5.92. The molecule has 1 atom stereocenters. The van der Waals surface area contributed by atoms with Crippen molar-refractivity contribution in [3.63, 3.8) is 0 Å². The normalized spacial score (nSPS) is 12.1. The van der Waals surface area contributed by atoms with Crippen molar-refractivity contribution < 1.29 is 14.7 Å². The molecular formula is C10H15N3O3. The lowest BCUT2D eigenvalue weighted by Gasteiger charge is -2.11. The number of carbonyl (C=O) groups excluding carboxylic acids is 1. The van der Waals surface area contributed by atoms with Crippen LogP contribution in [0.15, 0.2) is 12.3 Å². The molecule has 0 radical (unpaired) electrons. The second-order valence-corrected chi connectivity index (χ2v) is 3.68. The van der Waals surface area contributed by atoms with Crippen LogP contribution in [0, 0.1) is 0 Å². The molecule has 1 heterocycles. The maximum Gasteiger partial charge on any atom is 0.303 e. The summed E-state index contributed by atoms with van der Waals surface area (Å²) in [5.74, 6) is -1.14. The molecule has 88 valence electrons. The molecule has 6 heteroatoms. The molecule has 1 amide bonds. The summed E-state index contributed by atoms with van der Waals surface area (Å²) in [5, 5.41) is 15.1. The second kappa shape index (κ2) is 5.29. The molecule has 1 aromatic rings. The van der Waals surface area contributed by atoms with Gasteiger partial charge in [-0.1, -0.05) is 0 Å². The van der Waals surface area contributed by atoms with E-state index in [1.165, 1.54) is 4.68 Å². The van der Waals surface area contributed by atoms with Crippen molar-refractivity contribution in [2.75, 3.05) is 0 Å². The largest absolute Gasteiger partial charge is 0.481 e. The zero-order chi connectivity index (χ0) is 12.1. The molecular weight excluding hydrogens is 210 g/mol. The summed E-state index contributed by atoms with van der Waals surface area (Å²) in [7, 11) is 1.73. The zero-order valence-corrected chi connectivity index (χ0v) is 9.30. The Morgan fingerprint density at radius 1 is 1.62 bits per heavy atom. The smallest absolute Gasteiger partial charge is 0.303 e. The van der Waals surface area contributed by atoms with Gasteiger partial charge in [-0.15, -0.1) is 0 Å². The summed E-state index contributed by atoms with van der Waals surface area (Å²) >= 11 is 0. The van der Waals surface area contributed by atoms with Gasteiger partial charge >= 0.3 is 5.97 Å². The van der Waals surface area contributed by atoms with Gasteiger partial charge in [-0.05, 0) is 19.4 Å². The number of hydrogen-bond acceptors (Lipinski definition) is 3. The van der Waals surface area contributed by atoms with E-state index in [1.54, 1.807) is 26.2 Å². The number of nitrogens with one attached hydrogen (secondary N) is 1. The first-order valence-corrected chi connectivity index (χ1v) is 5.01. The molecule has 0 bridgehead atoms. The number of nitrogens with zero attached hydrogens (tertiary/aromatic N) is 2. The minimum absolute atomic E-state index is 0.0453. The molecule has 0 aliphatic heterocycles. The van der Waals surface area contributed by atoms with E-state index in [2.05, 4.69) is 10.4 Å². The molecule has 0 saturated heterocycles. The maximum absolute atomic E-state index is 11.6. The molecule has 2 N–H and O–H groups in total. The van der Waals surface area contributed by atoms with Gasteiger partial charge in [-0.2, -0.15) is 5.10 Å². The maximum atomic E-state index is 11.6. The minimum Gasteiger partial charge on any atom is -0.481 e. The van der Waals surface area contributed by atoms with Gasteiger partial charge in [0.15, 0.2) is 0 Å². The monoisotopic (exact) mass is 225 g/mol. The quantitative estimate of drug-likeness (QED) is 0.759. The summed E-state index contributed by atoms with van der Waals surface area (Å²) in [6.45, 7) is 1.77. The van der Waals surface area contributed by atoms with E-state index in [9.17, 15) is 9.59 Å². The average Bonchev–Trinajstić information content (AvgIpc) is 2.62. The van der Waals surface area contributed by atoms with E-state index in [0.717, 1.165) is 0 Å². The van der Waals surface area contributed by atoms with Crippen molar-refractivity contribution in [2.24, 2.45) is 7.05 Å². The number of rotatable bonds is 5. The number of carbonyl (C=O) groups is 2. The minimum atomic E-state index is -0.862. The number of carboxylic acids is 1. The van der Waals surface area contributed by atoms with Gasteiger partial charge in [-0.25, -0.2) is 0 Å². The van der Waals surface area contributed by atoms with Gasteiger partial charge in [0.1, 0.15) is 5.69 Å². The SMILES string of the molecule is CC(CCC(=O)O)NC(=O)c1ccn(C)n1. The first-order chi connectivity index (χ1) is 7.49. The van der Waals surface area contributed by atoms with Crippen LogP contribution in [0.3, 0.4) is 0 Å². The summed E-state index contributed by atoms with van der Waals surface area (Å²) in [5.41, 5.74) is 0.338. The molecule has 0 aliphatic carbocycles. The fourth-order valence-corrected chi connectivity index (χ4v) is 1.25. The molecule has 0 aliphatic rings. The average molecular weight is 225 g/mol. The molecule has 6 nitrogen and oxygen atoms in total. The first-order valence-electron chi connectivity index (χ1n) is 5.01. The van der Waals surface area contributed by atoms with Crippen LogP contribution in [0.5, 0.6) is 0 Å². The van der Waals surface area contributed by atoms with Gasteiger partial charge in [0, 0.05) is 25.7 Å². The third-order valence-corrected chi connectivity index (χ3v) is 2.11. The van der Waals surface area contributed by atoms with Gasteiger partial charge in [0.25, 0.3) is 5.91 Å². The van der Waals surface area contributed by atoms with Crippen molar-refractivity contribution in [3.05, 3.63) is 18.0 Å².